The lowest BCUT2D eigenvalue weighted by molar-refractivity contribution is -0.0200. The summed E-state index contributed by atoms with van der Waals surface area (Å²) >= 11 is 0. The Balaban J connectivity index is 1.88. The number of rotatable bonds is 5. The highest BCUT2D eigenvalue weighted by molar-refractivity contribution is 5.66. The third kappa shape index (κ3) is 3.73. The molecule has 0 aromatic heterocycles. The number of ether oxygens (including phenoxy) is 2. The lowest BCUT2D eigenvalue weighted by Crippen LogP contribution is -2.21. The molecule has 0 spiro atoms. The van der Waals surface area contributed by atoms with Crippen molar-refractivity contribution in [3.05, 3.63) is 53.3 Å². The van der Waals surface area contributed by atoms with Gasteiger partial charge in [-0.05, 0) is 37.8 Å². The summed E-state index contributed by atoms with van der Waals surface area (Å²) in [6.07, 6.45) is 2.15. The molecule has 2 nitrogen and oxygen atoms in total. The molecule has 1 heterocycles. The largest absolute Gasteiger partial charge is 0.494 e. The SMILES string of the molecule is CCOc1ccc(-c2ccc(C3CCC(CC)CO3)c(F)c2F)c(F)c1. The van der Waals surface area contributed by atoms with Crippen LogP contribution in [0.3, 0.4) is 0 Å². The van der Waals surface area contributed by atoms with Crippen molar-refractivity contribution in [2.45, 2.75) is 39.2 Å². The lowest BCUT2D eigenvalue weighted by atomic mass is 9.92. The van der Waals surface area contributed by atoms with Gasteiger partial charge in [-0.3, -0.25) is 0 Å². The zero-order chi connectivity index (χ0) is 18.7. The average Bonchev–Trinajstić information content (AvgIpc) is 2.65. The van der Waals surface area contributed by atoms with Crippen LogP contribution in [-0.2, 0) is 4.74 Å². The van der Waals surface area contributed by atoms with Gasteiger partial charge in [-0.25, -0.2) is 13.2 Å². The van der Waals surface area contributed by atoms with E-state index in [1.165, 1.54) is 24.3 Å². The van der Waals surface area contributed by atoms with E-state index >= 15 is 0 Å². The fraction of sp³-hybridized carbons (Fsp3) is 0.429. The summed E-state index contributed by atoms with van der Waals surface area (Å²) in [5.74, 6) is -1.84. The number of hydrogen-bond acceptors (Lipinski definition) is 2. The molecular formula is C21H23F3O2. The molecule has 0 bridgehead atoms. The molecule has 1 aliphatic heterocycles. The molecule has 2 aromatic rings. The van der Waals surface area contributed by atoms with Crippen LogP contribution in [0.4, 0.5) is 13.2 Å². The van der Waals surface area contributed by atoms with E-state index in [1.807, 2.05) is 0 Å². The maximum atomic E-state index is 14.6. The lowest BCUT2D eigenvalue weighted by Gasteiger charge is -2.29. The van der Waals surface area contributed by atoms with Crippen molar-refractivity contribution in [1.29, 1.82) is 0 Å². The molecule has 1 fully saturated rings. The first kappa shape index (κ1) is 18.8. The van der Waals surface area contributed by atoms with Crippen molar-refractivity contribution in [2.75, 3.05) is 13.2 Å². The Labute approximate surface area is 151 Å². The summed E-state index contributed by atoms with van der Waals surface area (Å²) in [5.41, 5.74) is 0.105. The van der Waals surface area contributed by atoms with Crippen LogP contribution in [-0.4, -0.2) is 13.2 Å². The molecule has 0 N–H and O–H groups in total. The topological polar surface area (TPSA) is 18.5 Å². The van der Waals surface area contributed by atoms with Gasteiger partial charge >= 0.3 is 0 Å². The van der Waals surface area contributed by atoms with Crippen molar-refractivity contribution in [3.63, 3.8) is 0 Å². The maximum Gasteiger partial charge on any atom is 0.167 e. The average molecular weight is 364 g/mol. The summed E-state index contributed by atoms with van der Waals surface area (Å²) < 4.78 is 54.5. The monoisotopic (exact) mass is 364 g/mol. The van der Waals surface area contributed by atoms with Crippen LogP contribution in [0.2, 0.25) is 0 Å². The Kier molecular flexibility index (Phi) is 5.87. The van der Waals surface area contributed by atoms with E-state index in [0.29, 0.717) is 31.3 Å². The van der Waals surface area contributed by atoms with Gasteiger partial charge in [-0.2, -0.15) is 0 Å². The summed E-state index contributed by atoms with van der Waals surface area (Å²) in [6, 6.07) is 7.05. The second-order valence-electron chi connectivity index (χ2n) is 6.58. The molecule has 0 aliphatic carbocycles. The second kappa shape index (κ2) is 8.12. The molecule has 2 atom stereocenters. The van der Waals surface area contributed by atoms with E-state index in [4.69, 9.17) is 9.47 Å². The van der Waals surface area contributed by atoms with E-state index in [2.05, 4.69) is 6.92 Å². The van der Waals surface area contributed by atoms with Crippen molar-refractivity contribution in [3.8, 4) is 16.9 Å². The summed E-state index contributed by atoms with van der Waals surface area (Å²) in [5, 5.41) is 0. The van der Waals surface area contributed by atoms with Gasteiger partial charge in [-0.1, -0.05) is 25.5 Å². The summed E-state index contributed by atoms with van der Waals surface area (Å²) in [4.78, 5) is 0. The normalized spacial score (nSPS) is 20.2. The van der Waals surface area contributed by atoms with Gasteiger partial charge in [0.2, 0.25) is 0 Å². The molecule has 0 radical (unpaired) electrons. The maximum absolute atomic E-state index is 14.6. The van der Waals surface area contributed by atoms with Gasteiger partial charge in [0.15, 0.2) is 11.6 Å². The minimum Gasteiger partial charge on any atom is -0.494 e. The Bertz CT molecular complexity index is 768. The van der Waals surface area contributed by atoms with Crippen molar-refractivity contribution in [2.24, 2.45) is 5.92 Å². The van der Waals surface area contributed by atoms with Gasteiger partial charge in [0.05, 0.1) is 19.3 Å². The zero-order valence-corrected chi connectivity index (χ0v) is 15.0. The van der Waals surface area contributed by atoms with Crippen molar-refractivity contribution in [1.82, 2.24) is 0 Å². The van der Waals surface area contributed by atoms with E-state index < -0.39 is 23.6 Å². The van der Waals surface area contributed by atoms with Crippen LogP contribution in [0.1, 0.15) is 44.8 Å². The highest BCUT2D eigenvalue weighted by Gasteiger charge is 2.27. The quantitative estimate of drug-likeness (QED) is 0.643. The Hall–Kier alpha value is -2.01. The Morgan fingerprint density at radius 2 is 1.77 bits per heavy atom. The minimum atomic E-state index is -1.05. The highest BCUT2D eigenvalue weighted by Crippen LogP contribution is 2.37. The molecule has 26 heavy (non-hydrogen) atoms. The predicted octanol–water partition coefficient (Wildman–Crippen LogP) is 6.05. The van der Waals surface area contributed by atoms with Gasteiger partial charge in [0.1, 0.15) is 11.6 Å². The number of halogens is 3. The molecule has 140 valence electrons. The molecule has 2 aromatic carbocycles. The predicted molar refractivity (Wildman–Crippen MR) is 94.6 cm³/mol. The molecule has 0 saturated carbocycles. The Morgan fingerprint density at radius 3 is 2.38 bits per heavy atom. The third-order valence-electron chi connectivity index (χ3n) is 4.95. The van der Waals surface area contributed by atoms with Crippen LogP contribution < -0.4 is 4.74 Å². The summed E-state index contributed by atoms with van der Waals surface area (Å²) in [6.45, 7) is 4.83. The molecule has 2 unspecified atom stereocenters. The first-order valence-electron chi connectivity index (χ1n) is 9.07. The smallest absolute Gasteiger partial charge is 0.167 e. The van der Waals surface area contributed by atoms with Gasteiger partial charge in [0, 0.05) is 22.8 Å². The molecule has 1 saturated heterocycles. The highest BCUT2D eigenvalue weighted by atomic mass is 19.2. The van der Waals surface area contributed by atoms with Gasteiger partial charge in [-0.15, -0.1) is 0 Å². The fourth-order valence-corrected chi connectivity index (χ4v) is 3.37. The molecule has 0 amide bonds. The van der Waals surface area contributed by atoms with E-state index in [1.54, 1.807) is 13.0 Å². The van der Waals surface area contributed by atoms with Gasteiger partial charge in [0.25, 0.3) is 0 Å². The van der Waals surface area contributed by atoms with Gasteiger partial charge < -0.3 is 9.47 Å². The van der Waals surface area contributed by atoms with Crippen LogP contribution >= 0.6 is 0 Å². The number of benzene rings is 2. The first-order valence-corrected chi connectivity index (χ1v) is 9.07. The molecule has 1 aliphatic rings. The molecule has 5 heteroatoms. The zero-order valence-electron chi connectivity index (χ0n) is 15.0. The van der Waals surface area contributed by atoms with Crippen LogP contribution in [0, 0.1) is 23.4 Å². The van der Waals surface area contributed by atoms with Crippen LogP contribution in [0.25, 0.3) is 11.1 Å². The minimum absolute atomic E-state index is 0.00649. The molecule has 3 rings (SSSR count). The summed E-state index contributed by atoms with van der Waals surface area (Å²) in [7, 11) is 0. The van der Waals surface area contributed by atoms with E-state index in [0.717, 1.165) is 12.8 Å². The van der Waals surface area contributed by atoms with Crippen LogP contribution in [0.5, 0.6) is 5.75 Å². The molecular weight excluding hydrogens is 341 g/mol. The van der Waals surface area contributed by atoms with Crippen molar-refractivity contribution >= 4 is 0 Å². The van der Waals surface area contributed by atoms with Crippen LogP contribution in [0.15, 0.2) is 30.3 Å². The standard InChI is InChI=1S/C21H23F3O2/c1-3-13-5-10-19(26-12-13)17-9-8-16(20(23)21(17)24)15-7-6-14(25-4-2)11-18(15)22/h6-9,11,13,19H,3-5,10,12H2,1-2H3. The van der Waals surface area contributed by atoms with E-state index in [-0.39, 0.29) is 16.7 Å². The number of hydrogen-bond donors (Lipinski definition) is 0. The third-order valence-corrected chi connectivity index (χ3v) is 4.95. The fourth-order valence-electron chi connectivity index (χ4n) is 3.37. The second-order valence-corrected chi connectivity index (χ2v) is 6.58. The first-order chi connectivity index (χ1) is 12.5. The Morgan fingerprint density at radius 1 is 1.00 bits per heavy atom. The van der Waals surface area contributed by atoms with Crippen molar-refractivity contribution < 1.29 is 22.6 Å². The van der Waals surface area contributed by atoms with E-state index in [9.17, 15) is 13.2 Å².